The van der Waals surface area contributed by atoms with Crippen LogP contribution in [0.25, 0.3) is 5.65 Å². The normalized spacial score (nSPS) is 12.5. The Kier molecular flexibility index (Phi) is 3.96. The number of hydrogen-bond acceptors (Lipinski definition) is 5. The van der Waals surface area contributed by atoms with E-state index in [1.807, 2.05) is 34.9 Å². The van der Waals surface area contributed by atoms with Crippen LogP contribution in [0.2, 0.25) is 0 Å². The molecule has 0 aliphatic carbocycles. The number of nitriles is 1. The molecule has 17 heavy (non-hydrogen) atoms. The van der Waals surface area contributed by atoms with Crippen molar-refractivity contribution in [2.24, 2.45) is 0 Å². The smallest absolute Gasteiger partial charge is 0.195 e. The van der Waals surface area contributed by atoms with Crippen molar-refractivity contribution in [3.05, 3.63) is 24.4 Å². The molecule has 0 saturated carbocycles. The van der Waals surface area contributed by atoms with E-state index >= 15 is 0 Å². The molecule has 0 radical (unpaired) electrons. The SMILES string of the molecule is CC(C#N)OCCSc1nnc2ccccn12. The van der Waals surface area contributed by atoms with Crippen LogP contribution in [-0.4, -0.2) is 33.1 Å². The Balaban J connectivity index is 1.89. The number of ether oxygens (including phenoxy) is 1. The number of nitrogens with zero attached hydrogens (tertiary/aromatic N) is 4. The van der Waals surface area contributed by atoms with Gasteiger partial charge < -0.3 is 4.74 Å². The molecule has 0 aliphatic rings. The maximum absolute atomic E-state index is 8.55. The Labute approximate surface area is 103 Å². The third-order valence-electron chi connectivity index (χ3n) is 2.15. The van der Waals surface area contributed by atoms with E-state index in [1.54, 1.807) is 18.7 Å². The minimum atomic E-state index is -0.356. The second-order valence-electron chi connectivity index (χ2n) is 3.40. The number of thioether (sulfide) groups is 1. The average molecular weight is 248 g/mol. The first-order chi connectivity index (χ1) is 8.31. The van der Waals surface area contributed by atoms with Gasteiger partial charge in [-0.1, -0.05) is 17.8 Å². The van der Waals surface area contributed by atoms with Crippen LogP contribution >= 0.6 is 11.8 Å². The van der Waals surface area contributed by atoms with E-state index in [0.717, 1.165) is 16.6 Å². The lowest BCUT2D eigenvalue weighted by molar-refractivity contribution is 0.117. The fourth-order valence-electron chi connectivity index (χ4n) is 1.31. The van der Waals surface area contributed by atoms with Crippen molar-refractivity contribution in [3.8, 4) is 6.07 Å². The molecule has 2 rings (SSSR count). The Hall–Kier alpha value is -1.58. The topological polar surface area (TPSA) is 63.2 Å². The molecular weight excluding hydrogens is 236 g/mol. The second kappa shape index (κ2) is 5.66. The van der Waals surface area contributed by atoms with Crippen LogP contribution in [0.1, 0.15) is 6.92 Å². The summed E-state index contributed by atoms with van der Waals surface area (Å²) in [7, 11) is 0. The Morgan fingerprint density at radius 1 is 1.53 bits per heavy atom. The molecule has 0 fully saturated rings. The van der Waals surface area contributed by atoms with Gasteiger partial charge in [-0.3, -0.25) is 4.40 Å². The summed E-state index contributed by atoms with van der Waals surface area (Å²) in [5, 5.41) is 17.5. The summed E-state index contributed by atoms with van der Waals surface area (Å²) in [4.78, 5) is 0. The highest BCUT2D eigenvalue weighted by molar-refractivity contribution is 7.99. The number of fused-ring (bicyclic) bond motifs is 1. The Bertz CT molecular complexity index is 533. The van der Waals surface area contributed by atoms with Crippen molar-refractivity contribution in [3.63, 3.8) is 0 Å². The lowest BCUT2D eigenvalue weighted by Crippen LogP contribution is -2.07. The summed E-state index contributed by atoms with van der Waals surface area (Å²) in [6.07, 6.45) is 1.57. The maximum atomic E-state index is 8.55. The molecule has 0 aromatic carbocycles. The van der Waals surface area contributed by atoms with Gasteiger partial charge in [0.05, 0.1) is 12.7 Å². The van der Waals surface area contributed by atoms with Crippen molar-refractivity contribution < 1.29 is 4.74 Å². The Morgan fingerprint density at radius 3 is 3.24 bits per heavy atom. The molecule has 0 amide bonds. The first-order valence-electron chi connectivity index (χ1n) is 5.25. The molecule has 2 aromatic heterocycles. The van der Waals surface area contributed by atoms with E-state index in [0.29, 0.717) is 6.61 Å². The number of pyridine rings is 1. The second-order valence-corrected chi connectivity index (χ2v) is 4.46. The van der Waals surface area contributed by atoms with Crippen molar-refractivity contribution >= 4 is 17.4 Å². The van der Waals surface area contributed by atoms with E-state index in [-0.39, 0.29) is 6.10 Å². The number of aromatic nitrogens is 3. The third-order valence-corrected chi connectivity index (χ3v) is 3.05. The fourth-order valence-corrected chi connectivity index (χ4v) is 2.07. The van der Waals surface area contributed by atoms with Crippen LogP contribution in [0, 0.1) is 11.3 Å². The van der Waals surface area contributed by atoms with Gasteiger partial charge in [-0.15, -0.1) is 10.2 Å². The molecule has 0 saturated heterocycles. The van der Waals surface area contributed by atoms with E-state index in [1.165, 1.54) is 0 Å². The van der Waals surface area contributed by atoms with Crippen LogP contribution in [0.5, 0.6) is 0 Å². The standard InChI is InChI=1S/C11H12N4OS/c1-9(8-12)16-6-7-17-11-14-13-10-4-2-3-5-15(10)11/h2-5,9H,6-7H2,1H3. The van der Waals surface area contributed by atoms with Gasteiger partial charge in [-0.2, -0.15) is 5.26 Å². The first kappa shape index (κ1) is 11.9. The molecular formula is C11H12N4OS. The zero-order chi connectivity index (χ0) is 12.1. The van der Waals surface area contributed by atoms with Gasteiger partial charge in [0.15, 0.2) is 10.8 Å². The van der Waals surface area contributed by atoms with Crippen molar-refractivity contribution in [1.29, 1.82) is 5.26 Å². The van der Waals surface area contributed by atoms with Crippen molar-refractivity contribution in [2.75, 3.05) is 12.4 Å². The summed E-state index contributed by atoms with van der Waals surface area (Å²) in [5.41, 5.74) is 0.835. The zero-order valence-electron chi connectivity index (χ0n) is 9.41. The molecule has 0 aliphatic heterocycles. The summed E-state index contributed by atoms with van der Waals surface area (Å²) in [6, 6.07) is 7.80. The molecule has 5 nitrogen and oxygen atoms in total. The number of hydrogen-bond donors (Lipinski definition) is 0. The maximum Gasteiger partial charge on any atom is 0.195 e. The minimum Gasteiger partial charge on any atom is -0.363 e. The van der Waals surface area contributed by atoms with Crippen LogP contribution in [0.15, 0.2) is 29.6 Å². The third kappa shape index (κ3) is 2.96. The van der Waals surface area contributed by atoms with E-state index in [4.69, 9.17) is 10.00 Å². The molecule has 1 unspecified atom stereocenters. The van der Waals surface area contributed by atoms with Crippen LogP contribution in [-0.2, 0) is 4.74 Å². The van der Waals surface area contributed by atoms with E-state index < -0.39 is 0 Å². The summed E-state index contributed by atoms with van der Waals surface area (Å²) in [6.45, 7) is 2.26. The lowest BCUT2D eigenvalue weighted by atomic mass is 10.5. The van der Waals surface area contributed by atoms with E-state index in [9.17, 15) is 0 Å². The molecule has 0 N–H and O–H groups in total. The van der Waals surface area contributed by atoms with Gasteiger partial charge in [0.2, 0.25) is 0 Å². The lowest BCUT2D eigenvalue weighted by Gasteiger charge is -2.04. The van der Waals surface area contributed by atoms with Crippen LogP contribution in [0.4, 0.5) is 0 Å². The molecule has 0 bridgehead atoms. The highest BCUT2D eigenvalue weighted by atomic mass is 32.2. The molecule has 2 aromatic rings. The predicted molar refractivity (Wildman–Crippen MR) is 64.7 cm³/mol. The summed E-state index contributed by atoms with van der Waals surface area (Å²) in [5.74, 6) is 0.752. The summed E-state index contributed by atoms with van der Waals surface area (Å²) >= 11 is 1.56. The quantitative estimate of drug-likeness (QED) is 0.596. The zero-order valence-corrected chi connectivity index (χ0v) is 10.2. The van der Waals surface area contributed by atoms with E-state index in [2.05, 4.69) is 10.2 Å². The van der Waals surface area contributed by atoms with Crippen LogP contribution in [0.3, 0.4) is 0 Å². The minimum absolute atomic E-state index is 0.356. The molecule has 0 spiro atoms. The monoisotopic (exact) mass is 248 g/mol. The highest BCUT2D eigenvalue weighted by Gasteiger charge is 2.05. The molecule has 6 heteroatoms. The molecule has 1 atom stereocenters. The van der Waals surface area contributed by atoms with Crippen molar-refractivity contribution in [1.82, 2.24) is 14.6 Å². The van der Waals surface area contributed by atoms with Gasteiger partial charge in [0.25, 0.3) is 0 Å². The highest BCUT2D eigenvalue weighted by Crippen LogP contribution is 2.16. The van der Waals surface area contributed by atoms with Crippen LogP contribution < -0.4 is 0 Å². The fraction of sp³-hybridized carbons (Fsp3) is 0.364. The number of rotatable bonds is 5. The average Bonchev–Trinajstić information content (AvgIpc) is 2.78. The van der Waals surface area contributed by atoms with Gasteiger partial charge in [0.1, 0.15) is 6.10 Å². The van der Waals surface area contributed by atoms with Gasteiger partial charge in [-0.25, -0.2) is 0 Å². The molecule has 2 heterocycles. The predicted octanol–water partition coefficient (Wildman–Crippen LogP) is 1.75. The Morgan fingerprint density at radius 2 is 2.41 bits per heavy atom. The largest absolute Gasteiger partial charge is 0.363 e. The first-order valence-corrected chi connectivity index (χ1v) is 6.23. The molecule has 88 valence electrons. The van der Waals surface area contributed by atoms with Gasteiger partial charge in [-0.05, 0) is 19.1 Å². The van der Waals surface area contributed by atoms with Gasteiger partial charge in [0, 0.05) is 11.9 Å². The summed E-state index contributed by atoms with van der Waals surface area (Å²) < 4.78 is 7.19. The van der Waals surface area contributed by atoms with Crippen molar-refractivity contribution in [2.45, 2.75) is 18.2 Å². The van der Waals surface area contributed by atoms with Gasteiger partial charge >= 0.3 is 0 Å².